The summed E-state index contributed by atoms with van der Waals surface area (Å²) in [7, 11) is -3.97. The highest BCUT2D eigenvalue weighted by molar-refractivity contribution is 7.92. The molecule has 0 radical (unpaired) electrons. The van der Waals surface area contributed by atoms with Crippen LogP contribution in [0.1, 0.15) is 0 Å². The molecule has 0 fully saturated rings. The molecule has 2 rings (SSSR count). The number of sulfonamides is 1. The van der Waals surface area contributed by atoms with Crippen molar-refractivity contribution in [2.45, 2.75) is 4.90 Å². The predicted octanol–water partition coefficient (Wildman–Crippen LogP) is 2.44. The summed E-state index contributed by atoms with van der Waals surface area (Å²) in [6.07, 6.45) is 1.41. The Bertz CT molecular complexity index is 764. The number of anilines is 1. The molecule has 0 unspecified atom stereocenters. The molecule has 0 spiro atoms. The summed E-state index contributed by atoms with van der Waals surface area (Å²) in [5.41, 5.74) is -0.217. The molecule has 1 aromatic carbocycles. The van der Waals surface area contributed by atoms with Crippen LogP contribution in [0, 0.1) is 10.1 Å². The average Bonchev–Trinajstić information content (AvgIpc) is 2.41. The van der Waals surface area contributed by atoms with Gasteiger partial charge in [-0.1, -0.05) is 17.7 Å². The summed E-state index contributed by atoms with van der Waals surface area (Å²) in [5, 5.41) is 10.6. The van der Waals surface area contributed by atoms with Crippen LogP contribution >= 0.6 is 11.6 Å². The number of nitrogens with zero attached hydrogens (tertiary/aromatic N) is 2. The third-order valence-corrected chi connectivity index (χ3v) is 4.01. The molecule has 7 nitrogen and oxygen atoms in total. The molecule has 0 aliphatic heterocycles. The van der Waals surface area contributed by atoms with Gasteiger partial charge in [0.05, 0.1) is 15.5 Å². The lowest BCUT2D eigenvalue weighted by atomic mass is 10.3. The lowest BCUT2D eigenvalue weighted by Gasteiger charge is -2.08. The van der Waals surface area contributed by atoms with Gasteiger partial charge in [-0.25, -0.2) is 13.4 Å². The van der Waals surface area contributed by atoms with Crippen molar-refractivity contribution in [3.63, 3.8) is 0 Å². The van der Waals surface area contributed by atoms with Crippen molar-refractivity contribution in [3.8, 4) is 0 Å². The van der Waals surface area contributed by atoms with E-state index in [-0.39, 0.29) is 21.4 Å². The topological polar surface area (TPSA) is 102 Å². The number of aromatic nitrogens is 1. The number of hydrogen-bond donors (Lipinski definition) is 1. The molecule has 2 aromatic rings. The number of non-ortho nitro benzene ring substituents is 1. The van der Waals surface area contributed by atoms with Gasteiger partial charge in [0.25, 0.3) is 15.7 Å². The van der Waals surface area contributed by atoms with Crippen LogP contribution in [0.25, 0.3) is 0 Å². The number of benzene rings is 1. The second-order valence-corrected chi connectivity index (χ2v) is 5.74. The lowest BCUT2D eigenvalue weighted by Crippen LogP contribution is -2.13. The first-order valence-corrected chi connectivity index (χ1v) is 7.14. The molecule has 1 aromatic heterocycles. The Labute approximate surface area is 119 Å². The highest BCUT2D eigenvalue weighted by Gasteiger charge is 2.18. The molecule has 20 heavy (non-hydrogen) atoms. The van der Waals surface area contributed by atoms with Crippen molar-refractivity contribution < 1.29 is 13.3 Å². The van der Waals surface area contributed by atoms with Crippen LogP contribution in [0.5, 0.6) is 0 Å². The largest absolute Gasteiger partial charge is 0.276 e. The number of halogens is 1. The smallest absolute Gasteiger partial charge is 0.270 e. The van der Waals surface area contributed by atoms with Crippen LogP contribution in [0.3, 0.4) is 0 Å². The number of hydrogen-bond acceptors (Lipinski definition) is 5. The first-order chi connectivity index (χ1) is 9.40. The normalized spacial score (nSPS) is 11.1. The molecule has 0 bridgehead atoms. The van der Waals surface area contributed by atoms with Gasteiger partial charge in [-0.05, 0) is 18.2 Å². The first kappa shape index (κ1) is 14.2. The predicted molar refractivity (Wildman–Crippen MR) is 73.2 cm³/mol. The van der Waals surface area contributed by atoms with E-state index < -0.39 is 14.9 Å². The third-order valence-electron chi connectivity index (χ3n) is 2.34. The zero-order chi connectivity index (χ0) is 14.8. The summed E-state index contributed by atoms with van der Waals surface area (Å²) < 4.78 is 26.4. The average molecular weight is 314 g/mol. The molecule has 9 heteroatoms. The number of nitro benzene ring substituents is 1. The number of rotatable bonds is 4. The molecule has 0 saturated heterocycles. The third kappa shape index (κ3) is 3.03. The van der Waals surface area contributed by atoms with Gasteiger partial charge >= 0.3 is 0 Å². The van der Waals surface area contributed by atoms with Crippen LogP contribution in [0.2, 0.25) is 5.15 Å². The van der Waals surface area contributed by atoms with Gasteiger partial charge in [-0.3, -0.25) is 14.8 Å². The standard InChI is InChI=1S/C11H8ClN3O4S/c12-11-10(5-2-6-13-11)14-20(18,19)9-4-1-3-8(7-9)15(16)17/h1-7,14H. The van der Waals surface area contributed by atoms with Gasteiger partial charge in [-0.2, -0.15) is 0 Å². The quantitative estimate of drug-likeness (QED) is 0.530. The van der Waals surface area contributed by atoms with E-state index in [9.17, 15) is 18.5 Å². The maximum atomic E-state index is 12.1. The number of nitro groups is 1. The Balaban J connectivity index is 2.38. The van der Waals surface area contributed by atoms with Crippen molar-refractivity contribution >= 4 is 33.0 Å². The van der Waals surface area contributed by atoms with E-state index in [4.69, 9.17) is 11.6 Å². The zero-order valence-electron chi connectivity index (χ0n) is 9.86. The summed E-state index contributed by atoms with van der Waals surface area (Å²) in [6, 6.07) is 7.65. The van der Waals surface area contributed by atoms with Crippen LogP contribution in [0.4, 0.5) is 11.4 Å². The minimum atomic E-state index is -3.97. The van der Waals surface area contributed by atoms with E-state index in [1.807, 2.05) is 0 Å². The molecule has 0 amide bonds. The second kappa shape index (κ2) is 5.43. The Morgan fingerprint density at radius 3 is 2.65 bits per heavy atom. The molecule has 0 aliphatic rings. The van der Waals surface area contributed by atoms with Gasteiger partial charge in [-0.15, -0.1) is 0 Å². The minimum absolute atomic E-state index is 0.0125. The second-order valence-electron chi connectivity index (χ2n) is 3.70. The van der Waals surface area contributed by atoms with Gasteiger partial charge in [0, 0.05) is 18.3 Å². The van der Waals surface area contributed by atoms with Crippen LogP contribution in [0.15, 0.2) is 47.5 Å². The summed E-state index contributed by atoms with van der Waals surface area (Å²) in [4.78, 5) is 13.5. The minimum Gasteiger partial charge on any atom is -0.276 e. The number of nitrogens with one attached hydrogen (secondary N) is 1. The Hall–Kier alpha value is -2.19. The van der Waals surface area contributed by atoms with Crippen molar-refractivity contribution in [1.82, 2.24) is 4.98 Å². The van der Waals surface area contributed by atoms with Crippen LogP contribution in [-0.4, -0.2) is 18.3 Å². The van der Waals surface area contributed by atoms with E-state index in [0.717, 1.165) is 6.07 Å². The molecule has 0 saturated carbocycles. The molecular formula is C11H8ClN3O4S. The van der Waals surface area contributed by atoms with Crippen molar-refractivity contribution in [2.24, 2.45) is 0 Å². The Morgan fingerprint density at radius 2 is 2.00 bits per heavy atom. The van der Waals surface area contributed by atoms with Gasteiger partial charge < -0.3 is 0 Å². The molecular weight excluding hydrogens is 306 g/mol. The molecule has 1 N–H and O–H groups in total. The molecule has 0 aliphatic carbocycles. The maximum absolute atomic E-state index is 12.1. The van der Waals surface area contributed by atoms with Crippen LogP contribution in [-0.2, 0) is 10.0 Å². The van der Waals surface area contributed by atoms with Crippen molar-refractivity contribution in [2.75, 3.05) is 4.72 Å². The van der Waals surface area contributed by atoms with Gasteiger partial charge in [0.1, 0.15) is 0 Å². The monoisotopic (exact) mass is 313 g/mol. The van der Waals surface area contributed by atoms with Crippen molar-refractivity contribution in [1.29, 1.82) is 0 Å². The highest BCUT2D eigenvalue weighted by Crippen LogP contribution is 2.23. The van der Waals surface area contributed by atoms with Gasteiger partial charge in [0.15, 0.2) is 5.15 Å². The summed E-state index contributed by atoms with van der Waals surface area (Å²) in [5.74, 6) is 0. The highest BCUT2D eigenvalue weighted by atomic mass is 35.5. The van der Waals surface area contributed by atoms with E-state index >= 15 is 0 Å². The number of pyridine rings is 1. The van der Waals surface area contributed by atoms with Crippen LogP contribution < -0.4 is 4.72 Å². The fraction of sp³-hybridized carbons (Fsp3) is 0. The molecule has 0 atom stereocenters. The Kier molecular flexibility index (Phi) is 3.86. The van der Waals surface area contributed by atoms with E-state index in [2.05, 4.69) is 9.71 Å². The molecule has 104 valence electrons. The SMILES string of the molecule is O=[N+]([O-])c1cccc(S(=O)(=O)Nc2cccnc2Cl)c1. The maximum Gasteiger partial charge on any atom is 0.270 e. The van der Waals surface area contributed by atoms with Gasteiger partial charge in [0.2, 0.25) is 0 Å². The lowest BCUT2D eigenvalue weighted by molar-refractivity contribution is -0.385. The Morgan fingerprint density at radius 1 is 1.25 bits per heavy atom. The zero-order valence-corrected chi connectivity index (χ0v) is 11.4. The first-order valence-electron chi connectivity index (χ1n) is 5.28. The fourth-order valence-corrected chi connectivity index (χ4v) is 2.76. The van der Waals surface area contributed by atoms with Crippen molar-refractivity contribution in [3.05, 3.63) is 57.9 Å². The van der Waals surface area contributed by atoms with E-state index in [0.29, 0.717) is 0 Å². The van der Waals surface area contributed by atoms with E-state index in [1.165, 1.54) is 36.5 Å². The van der Waals surface area contributed by atoms with E-state index in [1.54, 1.807) is 0 Å². The summed E-state index contributed by atoms with van der Waals surface area (Å²) in [6.45, 7) is 0. The molecule has 1 heterocycles. The fourth-order valence-electron chi connectivity index (χ4n) is 1.43. The summed E-state index contributed by atoms with van der Waals surface area (Å²) >= 11 is 5.75.